The summed E-state index contributed by atoms with van der Waals surface area (Å²) in [4.78, 5) is 13.3. The van der Waals surface area contributed by atoms with Gasteiger partial charge in [0.1, 0.15) is 0 Å². The molecule has 1 aromatic carbocycles. The minimum atomic E-state index is -0.704. The Bertz CT molecular complexity index is 442. The molecule has 0 aromatic heterocycles. The molecule has 1 fully saturated rings. The highest BCUT2D eigenvalue weighted by Gasteiger charge is 2.36. The Morgan fingerprint density at radius 3 is 2.56 bits per heavy atom. The number of rotatable bonds is 2. The van der Waals surface area contributed by atoms with Crippen molar-refractivity contribution in [2.45, 2.75) is 32.2 Å². The molecule has 4 heteroatoms. The number of benzene rings is 1. The van der Waals surface area contributed by atoms with Crippen LogP contribution in [0.1, 0.15) is 26.7 Å². The summed E-state index contributed by atoms with van der Waals surface area (Å²) in [5, 5.41) is 9.87. The van der Waals surface area contributed by atoms with E-state index in [1.807, 2.05) is 24.3 Å². The highest BCUT2D eigenvalue weighted by molar-refractivity contribution is 6.30. The number of aliphatic carboxylic acids is 1. The quantitative estimate of drug-likeness (QED) is 0.893. The minimum Gasteiger partial charge on any atom is -0.481 e. The lowest BCUT2D eigenvalue weighted by molar-refractivity contribution is -0.142. The van der Waals surface area contributed by atoms with Crippen molar-refractivity contribution >= 4 is 23.3 Å². The maximum atomic E-state index is 11.1. The molecule has 3 nitrogen and oxygen atoms in total. The molecule has 1 heterocycles. The van der Waals surface area contributed by atoms with Crippen molar-refractivity contribution in [3.8, 4) is 0 Å². The fraction of sp³-hybridized carbons (Fsp3) is 0.500. The molecule has 2 rings (SSSR count). The number of nitrogens with zero attached hydrogens (tertiary/aromatic N) is 1. The number of anilines is 1. The van der Waals surface area contributed by atoms with Crippen molar-refractivity contribution in [2.75, 3.05) is 11.4 Å². The normalized spacial score (nSPS) is 22.8. The number of hydrogen-bond donors (Lipinski definition) is 1. The third-order valence-corrected chi connectivity index (χ3v) is 3.98. The van der Waals surface area contributed by atoms with Gasteiger partial charge in [0.25, 0.3) is 0 Å². The van der Waals surface area contributed by atoms with E-state index in [1.165, 1.54) is 0 Å². The zero-order valence-electron chi connectivity index (χ0n) is 10.7. The predicted octanol–water partition coefficient (Wildman–Crippen LogP) is 3.42. The molecule has 1 N–H and O–H groups in total. The topological polar surface area (TPSA) is 40.5 Å². The van der Waals surface area contributed by atoms with Crippen LogP contribution in [-0.2, 0) is 4.79 Å². The number of carboxylic acid groups (broad SMARTS) is 1. The van der Waals surface area contributed by atoms with Crippen molar-refractivity contribution < 1.29 is 9.90 Å². The van der Waals surface area contributed by atoms with Crippen LogP contribution in [0.4, 0.5) is 5.69 Å². The second-order valence-electron chi connectivity index (χ2n) is 5.47. The van der Waals surface area contributed by atoms with E-state index in [-0.39, 0.29) is 11.5 Å². The number of carbonyl (C=O) groups is 1. The van der Waals surface area contributed by atoms with E-state index >= 15 is 0 Å². The van der Waals surface area contributed by atoms with Crippen LogP contribution in [0, 0.1) is 5.92 Å². The summed E-state index contributed by atoms with van der Waals surface area (Å²) >= 11 is 5.89. The molecule has 98 valence electrons. The third-order valence-electron chi connectivity index (χ3n) is 3.73. The first-order valence-electron chi connectivity index (χ1n) is 6.16. The van der Waals surface area contributed by atoms with Gasteiger partial charge in [-0.3, -0.25) is 4.79 Å². The van der Waals surface area contributed by atoms with Crippen molar-refractivity contribution in [1.29, 1.82) is 0 Å². The van der Waals surface area contributed by atoms with Gasteiger partial charge in [-0.05, 0) is 51.0 Å². The number of hydrogen-bond acceptors (Lipinski definition) is 2. The first kappa shape index (κ1) is 13.2. The van der Waals surface area contributed by atoms with E-state index in [9.17, 15) is 4.79 Å². The molecular weight excluding hydrogens is 250 g/mol. The Morgan fingerprint density at radius 2 is 2.00 bits per heavy atom. The van der Waals surface area contributed by atoms with E-state index in [4.69, 9.17) is 16.7 Å². The van der Waals surface area contributed by atoms with Crippen LogP contribution in [0.3, 0.4) is 0 Å². The van der Waals surface area contributed by atoms with E-state index in [1.54, 1.807) is 0 Å². The van der Waals surface area contributed by atoms with Crippen LogP contribution in [0.25, 0.3) is 0 Å². The second-order valence-corrected chi connectivity index (χ2v) is 5.91. The van der Waals surface area contributed by atoms with Crippen LogP contribution in [0.2, 0.25) is 5.02 Å². The highest BCUT2D eigenvalue weighted by Crippen LogP contribution is 2.35. The summed E-state index contributed by atoms with van der Waals surface area (Å²) in [5.41, 5.74) is 1.02. The molecule has 0 bridgehead atoms. The van der Waals surface area contributed by atoms with Crippen LogP contribution in [0.5, 0.6) is 0 Å². The molecule has 18 heavy (non-hydrogen) atoms. The monoisotopic (exact) mass is 267 g/mol. The van der Waals surface area contributed by atoms with Gasteiger partial charge < -0.3 is 10.0 Å². The highest BCUT2D eigenvalue weighted by atomic mass is 35.5. The summed E-state index contributed by atoms with van der Waals surface area (Å²) in [7, 11) is 0. The minimum absolute atomic E-state index is 0.0141. The summed E-state index contributed by atoms with van der Waals surface area (Å²) in [5.74, 6) is -0.988. The molecule has 1 aromatic rings. The Morgan fingerprint density at radius 1 is 1.39 bits per heavy atom. The van der Waals surface area contributed by atoms with Gasteiger partial charge in [-0.2, -0.15) is 0 Å². The number of piperidine rings is 1. The SMILES string of the molecule is CC1(C)CCC(C(=O)O)CN1c1ccc(Cl)cc1. The second kappa shape index (κ2) is 4.81. The van der Waals surface area contributed by atoms with Crippen molar-refractivity contribution in [2.24, 2.45) is 5.92 Å². The van der Waals surface area contributed by atoms with Gasteiger partial charge in [0.15, 0.2) is 0 Å². The zero-order chi connectivity index (χ0) is 13.3. The molecule has 0 aliphatic carbocycles. The largest absolute Gasteiger partial charge is 0.481 e. The van der Waals surface area contributed by atoms with Crippen molar-refractivity contribution in [3.05, 3.63) is 29.3 Å². The van der Waals surface area contributed by atoms with Crippen molar-refractivity contribution in [3.63, 3.8) is 0 Å². The maximum Gasteiger partial charge on any atom is 0.308 e. The predicted molar refractivity (Wildman–Crippen MR) is 73.2 cm³/mol. The Labute approximate surface area is 112 Å². The van der Waals surface area contributed by atoms with Gasteiger partial charge in [0.05, 0.1) is 5.92 Å². The summed E-state index contributed by atoms with van der Waals surface area (Å²) in [6, 6.07) is 7.59. The van der Waals surface area contributed by atoms with Crippen LogP contribution in [0.15, 0.2) is 24.3 Å². The van der Waals surface area contributed by atoms with E-state index in [0.29, 0.717) is 11.6 Å². The van der Waals surface area contributed by atoms with Gasteiger partial charge in [0, 0.05) is 22.8 Å². The zero-order valence-corrected chi connectivity index (χ0v) is 11.4. The Balaban J connectivity index is 2.26. The lowest BCUT2D eigenvalue weighted by Crippen LogP contribution is -2.52. The lowest BCUT2D eigenvalue weighted by Gasteiger charge is -2.46. The summed E-state index contributed by atoms with van der Waals surface area (Å²) < 4.78 is 0. The van der Waals surface area contributed by atoms with E-state index in [2.05, 4.69) is 18.7 Å². The summed E-state index contributed by atoms with van der Waals surface area (Å²) in [6.07, 6.45) is 1.62. The maximum absolute atomic E-state index is 11.1. The van der Waals surface area contributed by atoms with Gasteiger partial charge >= 0.3 is 5.97 Å². The molecule has 0 saturated carbocycles. The third kappa shape index (κ3) is 2.61. The molecule has 1 atom stereocenters. The molecule has 1 unspecified atom stereocenters. The fourth-order valence-electron chi connectivity index (χ4n) is 2.50. The molecule has 1 saturated heterocycles. The number of halogens is 1. The van der Waals surface area contributed by atoms with Crippen LogP contribution >= 0.6 is 11.6 Å². The molecule has 0 amide bonds. The lowest BCUT2D eigenvalue weighted by atomic mass is 9.84. The van der Waals surface area contributed by atoms with Gasteiger partial charge in [-0.15, -0.1) is 0 Å². The van der Waals surface area contributed by atoms with Crippen molar-refractivity contribution in [1.82, 2.24) is 0 Å². The van der Waals surface area contributed by atoms with E-state index in [0.717, 1.165) is 18.5 Å². The van der Waals surface area contributed by atoms with Crippen LogP contribution < -0.4 is 4.90 Å². The number of carboxylic acids is 1. The molecule has 0 spiro atoms. The molecule has 1 aliphatic heterocycles. The first-order chi connectivity index (χ1) is 8.40. The molecule has 0 radical (unpaired) electrons. The molecular formula is C14H18ClNO2. The average Bonchev–Trinajstić information content (AvgIpc) is 2.30. The van der Waals surface area contributed by atoms with Gasteiger partial charge in [0.2, 0.25) is 0 Å². The van der Waals surface area contributed by atoms with E-state index < -0.39 is 5.97 Å². The molecule has 1 aliphatic rings. The standard InChI is InChI=1S/C14H18ClNO2/c1-14(2)8-7-10(13(17)18)9-16(14)12-5-3-11(15)4-6-12/h3-6,10H,7-9H2,1-2H3,(H,17,18). The smallest absolute Gasteiger partial charge is 0.308 e. The van der Waals surface area contributed by atoms with Gasteiger partial charge in [-0.25, -0.2) is 0 Å². The average molecular weight is 268 g/mol. The summed E-state index contributed by atoms with van der Waals surface area (Å²) in [6.45, 7) is 4.86. The fourth-order valence-corrected chi connectivity index (χ4v) is 2.62. The first-order valence-corrected chi connectivity index (χ1v) is 6.54. The van der Waals surface area contributed by atoms with Gasteiger partial charge in [-0.1, -0.05) is 11.6 Å². The Kier molecular flexibility index (Phi) is 3.53. The Hall–Kier alpha value is -1.22. The van der Waals surface area contributed by atoms with Crippen LogP contribution in [-0.4, -0.2) is 23.2 Å².